The monoisotopic (exact) mass is 213 g/mol. The van der Waals surface area contributed by atoms with E-state index in [-0.39, 0.29) is 11.8 Å². The Bertz CT molecular complexity index is 180. The Morgan fingerprint density at radius 3 is 2.80 bits per heavy atom. The summed E-state index contributed by atoms with van der Waals surface area (Å²) in [6.07, 6.45) is 7.30. The summed E-state index contributed by atoms with van der Waals surface area (Å²) in [5.74, 6) is 0.158. The van der Waals surface area contributed by atoms with Crippen LogP contribution in [0.2, 0.25) is 0 Å². The van der Waals surface area contributed by atoms with Gasteiger partial charge in [0.2, 0.25) is 0 Å². The molecule has 0 aromatic carbocycles. The molecule has 0 saturated heterocycles. The van der Waals surface area contributed by atoms with Gasteiger partial charge in [0.05, 0.1) is 6.04 Å². The van der Waals surface area contributed by atoms with Crippen molar-refractivity contribution in [2.24, 2.45) is 5.73 Å². The van der Waals surface area contributed by atoms with Crippen LogP contribution in [0, 0.1) is 0 Å². The minimum Gasteiger partial charge on any atom is -0.385 e. The average molecular weight is 213 g/mol. The number of hydrogen-bond acceptors (Lipinski definition) is 3. The lowest BCUT2D eigenvalue weighted by Crippen LogP contribution is -2.31. The molecule has 3 heteroatoms. The average Bonchev–Trinajstić information content (AvgIpc) is 2.25. The third-order valence-electron chi connectivity index (χ3n) is 2.38. The van der Waals surface area contributed by atoms with Crippen LogP contribution < -0.4 is 5.73 Å². The lowest BCUT2D eigenvalue weighted by atomic mass is 10.0. The fourth-order valence-electron chi connectivity index (χ4n) is 1.36. The van der Waals surface area contributed by atoms with E-state index in [2.05, 4.69) is 6.58 Å². The fourth-order valence-corrected chi connectivity index (χ4v) is 1.36. The van der Waals surface area contributed by atoms with E-state index in [9.17, 15) is 4.79 Å². The Morgan fingerprint density at radius 1 is 1.47 bits per heavy atom. The number of carbonyl (C=O) groups is 1. The first-order valence-corrected chi connectivity index (χ1v) is 5.60. The molecule has 88 valence electrons. The number of ether oxygens (including phenoxy) is 1. The van der Waals surface area contributed by atoms with Crippen molar-refractivity contribution in [3.63, 3.8) is 0 Å². The first kappa shape index (κ1) is 14.3. The van der Waals surface area contributed by atoms with Crippen LogP contribution in [0.5, 0.6) is 0 Å². The quantitative estimate of drug-likeness (QED) is 0.446. The van der Waals surface area contributed by atoms with Crippen molar-refractivity contribution in [2.45, 2.75) is 44.6 Å². The molecule has 0 amide bonds. The normalized spacial score (nSPS) is 12.4. The second-order valence-corrected chi connectivity index (χ2v) is 3.74. The standard InChI is InChI=1S/C12H23NO2/c1-3-4-5-6-7-8-12(14)11(13)9-10-15-2/h3,11H,1,4-10,13H2,2H3. The van der Waals surface area contributed by atoms with Crippen LogP contribution in [0.1, 0.15) is 38.5 Å². The van der Waals surface area contributed by atoms with Crippen LogP contribution >= 0.6 is 0 Å². The van der Waals surface area contributed by atoms with E-state index in [1.54, 1.807) is 7.11 Å². The zero-order chi connectivity index (χ0) is 11.5. The van der Waals surface area contributed by atoms with E-state index < -0.39 is 0 Å². The Kier molecular flexibility index (Phi) is 9.43. The highest BCUT2D eigenvalue weighted by Gasteiger charge is 2.11. The van der Waals surface area contributed by atoms with Gasteiger partial charge in [-0.15, -0.1) is 6.58 Å². The van der Waals surface area contributed by atoms with Gasteiger partial charge in [-0.2, -0.15) is 0 Å². The molecule has 0 aromatic rings. The smallest absolute Gasteiger partial charge is 0.149 e. The molecule has 0 spiro atoms. The molecule has 1 atom stereocenters. The number of hydrogen-bond donors (Lipinski definition) is 1. The summed E-state index contributed by atoms with van der Waals surface area (Å²) in [7, 11) is 1.62. The van der Waals surface area contributed by atoms with E-state index in [1.165, 1.54) is 0 Å². The fraction of sp³-hybridized carbons (Fsp3) is 0.750. The summed E-state index contributed by atoms with van der Waals surface area (Å²) in [4.78, 5) is 11.5. The summed E-state index contributed by atoms with van der Waals surface area (Å²) in [6, 6.07) is -0.343. The molecule has 0 aliphatic rings. The zero-order valence-electron chi connectivity index (χ0n) is 9.71. The van der Waals surface area contributed by atoms with Crippen molar-refractivity contribution >= 4 is 5.78 Å². The van der Waals surface area contributed by atoms with Crippen LogP contribution in [0.15, 0.2) is 12.7 Å². The van der Waals surface area contributed by atoms with Crippen LogP contribution in [0.3, 0.4) is 0 Å². The number of nitrogens with two attached hydrogens (primary N) is 1. The van der Waals surface area contributed by atoms with Gasteiger partial charge in [-0.25, -0.2) is 0 Å². The molecule has 0 heterocycles. The number of methoxy groups -OCH3 is 1. The van der Waals surface area contributed by atoms with Crippen LogP contribution in [-0.4, -0.2) is 25.5 Å². The molecule has 1 unspecified atom stereocenters. The van der Waals surface area contributed by atoms with Crippen molar-refractivity contribution in [3.05, 3.63) is 12.7 Å². The maximum Gasteiger partial charge on any atom is 0.149 e. The van der Waals surface area contributed by atoms with Crippen molar-refractivity contribution in [3.8, 4) is 0 Å². The first-order valence-electron chi connectivity index (χ1n) is 5.60. The highest BCUT2D eigenvalue weighted by Crippen LogP contribution is 2.05. The van der Waals surface area contributed by atoms with E-state index in [0.29, 0.717) is 19.4 Å². The molecule has 0 radical (unpaired) electrons. The number of unbranched alkanes of at least 4 members (excludes halogenated alkanes) is 3. The van der Waals surface area contributed by atoms with Crippen molar-refractivity contribution < 1.29 is 9.53 Å². The Balaban J connectivity index is 3.42. The van der Waals surface area contributed by atoms with Gasteiger partial charge in [0.15, 0.2) is 0 Å². The minimum atomic E-state index is -0.343. The minimum absolute atomic E-state index is 0.158. The number of rotatable bonds is 10. The molecular weight excluding hydrogens is 190 g/mol. The zero-order valence-corrected chi connectivity index (χ0v) is 9.71. The molecule has 2 N–H and O–H groups in total. The second-order valence-electron chi connectivity index (χ2n) is 3.74. The largest absolute Gasteiger partial charge is 0.385 e. The van der Waals surface area contributed by atoms with Gasteiger partial charge in [0, 0.05) is 20.1 Å². The molecule has 0 aliphatic heterocycles. The molecule has 0 aliphatic carbocycles. The van der Waals surface area contributed by atoms with Crippen molar-refractivity contribution in [1.82, 2.24) is 0 Å². The third kappa shape index (κ3) is 8.33. The predicted octanol–water partition coefficient (Wildman–Crippen LogP) is 2.06. The summed E-state index contributed by atoms with van der Waals surface area (Å²) in [5.41, 5.74) is 5.70. The van der Waals surface area contributed by atoms with Gasteiger partial charge in [-0.1, -0.05) is 12.5 Å². The number of carbonyl (C=O) groups excluding carboxylic acids is 1. The van der Waals surface area contributed by atoms with E-state index >= 15 is 0 Å². The SMILES string of the molecule is C=CCCCCCC(=O)C(N)CCOC. The van der Waals surface area contributed by atoms with Gasteiger partial charge in [0.25, 0.3) is 0 Å². The van der Waals surface area contributed by atoms with Crippen LogP contribution in [0.25, 0.3) is 0 Å². The maximum absolute atomic E-state index is 11.5. The van der Waals surface area contributed by atoms with E-state index in [1.807, 2.05) is 6.08 Å². The molecule has 0 fully saturated rings. The molecule has 0 aromatic heterocycles. The third-order valence-corrected chi connectivity index (χ3v) is 2.38. The second kappa shape index (κ2) is 9.87. The summed E-state index contributed by atoms with van der Waals surface area (Å²) < 4.78 is 4.88. The van der Waals surface area contributed by atoms with Gasteiger partial charge >= 0.3 is 0 Å². The Hall–Kier alpha value is -0.670. The number of allylic oxidation sites excluding steroid dienone is 1. The van der Waals surface area contributed by atoms with Gasteiger partial charge < -0.3 is 10.5 Å². The van der Waals surface area contributed by atoms with E-state index in [0.717, 1.165) is 25.7 Å². The van der Waals surface area contributed by atoms with Crippen LogP contribution in [0.4, 0.5) is 0 Å². The highest BCUT2D eigenvalue weighted by atomic mass is 16.5. The highest BCUT2D eigenvalue weighted by molar-refractivity contribution is 5.83. The predicted molar refractivity (Wildman–Crippen MR) is 62.8 cm³/mol. The summed E-state index contributed by atoms with van der Waals surface area (Å²) in [6.45, 7) is 4.21. The molecule has 0 bridgehead atoms. The lowest BCUT2D eigenvalue weighted by Gasteiger charge is -2.09. The van der Waals surface area contributed by atoms with Crippen molar-refractivity contribution in [2.75, 3.05) is 13.7 Å². The van der Waals surface area contributed by atoms with Crippen molar-refractivity contribution in [1.29, 1.82) is 0 Å². The molecule has 0 saturated carbocycles. The molecule has 3 nitrogen and oxygen atoms in total. The molecule has 15 heavy (non-hydrogen) atoms. The maximum atomic E-state index is 11.5. The van der Waals surface area contributed by atoms with Crippen LogP contribution in [-0.2, 0) is 9.53 Å². The van der Waals surface area contributed by atoms with Gasteiger partial charge in [-0.3, -0.25) is 4.79 Å². The van der Waals surface area contributed by atoms with E-state index in [4.69, 9.17) is 10.5 Å². The topological polar surface area (TPSA) is 52.3 Å². The number of ketones is 1. The number of Topliss-reactive ketones (excluding diaryl/α,β-unsaturated/α-hetero) is 1. The Morgan fingerprint density at radius 2 is 2.20 bits per heavy atom. The molecular formula is C12H23NO2. The molecule has 0 rings (SSSR count). The lowest BCUT2D eigenvalue weighted by molar-refractivity contribution is -0.120. The van der Waals surface area contributed by atoms with Gasteiger partial charge in [0.1, 0.15) is 5.78 Å². The summed E-state index contributed by atoms with van der Waals surface area (Å²) >= 11 is 0. The first-order chi connectivity index (χ1) is 7.22. The Labute approximate surface area is 92.7 Å². The summed E-state index contributed by atoms with van der Waals surface area (Å²) in [5, 5.41) is 0. The van der Waals surface area contributed by atoms with Gasteiger partial charge in [-0.05, 0) is 25.7 Å².